The molecule has 0 aromatic heterocycles. The van der Waals surface area contributed by atoms with E-state index in [4.69, 9.17) is 5.21 Å². The highest BCUT2D eigenvalue weighted by Gasteiger charge is 2.19. The zero-order valence-corrected chi connectivity index (χ0v) is 20.1. The van der Waals surface area contributed by atoms with Gasteiger partial charge in [-0.3, -0.25) is 14.7 Å². The summed E-state index contributed by atoms with van der Waals surface area (Å²) in [6.45, 7) is 0. The number of sulfonamides is 1. The van der Waals surface area contributed by atoms with Gasteiger partial charge in [0, 0.05) is 42.3 Å². The van der Waals surface area contributed by atoms with Crippen molar-refractivity contribution in [3.05, 3.63) is 108 Å². The van der Waals surface area contributed by atoms with E-state index in [2.05, 4.69) is 4.72 Å². The van der Waals surface area contributed by atoms with Gasteiger partial charge in [-0.05, 0) is 41.0 Å². The number of hydroxylamine groups is 1. The predicted molar refractivity (Wildman–Crippen MR) is 139 cm³/mol. The van der Waals surface area contributed by atoms with Crippen LogP contribution in [-0.4, -0.2) is 33.6 Å². The summed E-state index contributed by atoms with van der Waals surface area (Å²) >= 11 is 0. The zero-order chi connectivity index (χ0) is 25.0. The van der Waals surface area contributed by atoms with E-state index in [1.807, 2.05) is 67.5 Å². The van der Waals surface area contributed by atoms with Crippen LogP contribution in [0.25, 0.3) is 16.3 Å². The van der Waals surface area contributed by atoms with Crippen LogP contribution < -0.4 is 15.1 Å². The maximum absolute atomic E-state index is 13.4. The normalized spacial score (nSPS) is 11.8. The molecule has 178 valence electrons. The van der Waals surface area contributed by atoms with Crippen LogP contribution in [0.2, 0.25) is 0 Å². The molecule has 0 heterocycles. The number of benzene rings is 4. The van der Waals surface area contributed by atoms with E-state index in [1.165, 1.54) is 6.08 Å². The minimum absolute atomic E-state index is 0.169. The van der Waals surface area contributed by atoms with Gasteiger partial charge in [-0.15, -0.1) is 0 Å². The Morgan fingerprint density at radius 1 is 0.829 bits per heavy atom. The van der Waals surface area contributed by atoms with Crippen LogP contribution in [-0.2, 0) is 14.8 Å². The fourth-order valence-corrected chi connectivity index (χ4v) is 5.24. The lowest BCUT2D eigenvalue weighted by Crippen LogP contribution is -2.16. The number of anilines is 2. The van der Waals surface area contributed by atoms with Crippen LogP contribution in [0.15, 0.2) is 102 Å². The average molecular weight is 488 g/mol. The second-order valence-corrected chi connectivity index (χ2v) is 9.76. The van der Waals surface area contributed by atoms with Crippen molar-refractivity contribution in [3.63, 3.8) is 0 Å². The molecule has 0 aliphatic carbocycles. The van der Waals surface area contributed by atoms with Gasteiger partial charge >= 0.3 is 0 Å². The van der Waals surface area contributed by atoms with Crippen molar-refractivity contribution in [1.82, 2.24) is 5.48 Å². The molecule has 0 aliphatic rings. The first-order chi connectivity index (χ1) is 16.8. The molecule has 0 bridgehead atoms. The summed E-state index contributed by atoms with van der Waals surface area (Å²) in [7, 11) is -0.102. The van der Waals surface area contributed by atoms with Gasteiger partial charge in [0.2, 0.25) is 0 Å². The zero-order valence-electron chi connectivity index (χ0n) is 19.3. The quantitative estimate of drug-likeness (QED) is 0.200. The van der Waals surface area contributed by atoms with Crippen LogP contribution in [0.3, 0.4) is 0 Å². The first-order valence-electron chi connectivity index (χ1n) is 10.8. The van der Waals surface area contributed by atoms with Crippen LogP contribution in [0.5, 0.6) is 0 Å². The molecule has 0 radical (unpaired) electrons. The van der Waals surface area contributed by atoms with Crippen molar-refractivity contribution in [2.24, 2.45) is 0 Å². The number of nitrogens with one attached hydrogen (secondary N) is 2. The molecule has 3 N–H and O–H groups in total. The molecule has 1 amide bonds. The minimum Gasteiger partial charge on any atom is -0.377 e. The average Bonchev–Trinajstić information content (AvgIpc) is 2.86. The lowest BCUT2D eigenvalue weighted by Gasteiger charge is -2.17. The van der Waals surface area contributed by atoms with E-state index in [0.717, 1.165) is 16.6 Å². The molecular weight excluding hydrogens is 462 g/mol. The molecule has 4 aromatic carbocycles. The summed E-state index contributed by atoms with van der Waals surface area (Å²) in [5.41, 5.74) is 4.74. The Morgan fingerprint density at radius 2 is 1.49 bits per heavy atom. The highest BCUT2D eigenvalue weighted by atomic mass is 32.2. The maximum Gasteiger partial charge on any atom is 0.267 e. The number of fused-ring (bicyclic) bond motifs is 1. The molecule has 0 spiro atoms. The molecule has 0 fully saturated rings. The van der Waals surface area contributed by atoms with Crippen molar-refractivity contribution >= 4 is 43.7 Å². The molecular formula is C27H25N3O4S. The van der Waals surface area contributed by atoms with E-state index in [-0.39, 0.29) is 4.90 Å². The highest BCUT2D eigenvalue weighted by molar-refractivity contribution is 7.93. The fraction of sp³-hybridized carbons (Fsp3) is 0.0741. The topological polar surface area (TPSA) is 98.7 Å². The molecule has 4 aromatic rings. The summed E-state index contributed by atoms with van der Waals surface area (Å²) in [6, 6.07) is 26.7. The van der Waals surface area contributed by atoms with Crippen LogP contribution in [0.4, 0.5) is 11.4 Å². The molecule has 8 heteroatoms. The van der Waals surface area contributed by atoms with E-state index < -0.39 is 15.9 Å². The third-order valence-corrected chi connectivity index (χ3v) is 6.97. The summed E-state index contributed by atoms with van der Waals surface area (Å²) in [4.78, 5) is 14.0. The first kappa shape index (κ1) is 24.0. The fourth-order valence-electron chi connectivity index (χ4n) is 3.96. The van der Waals surface area contributed by atoms with Crippen molar-refractivity contribution in [2.75, 3.05) is 23.7 Å². The number of carbonyl (C=O) groups excluding carboxylic acids is 1. The van der Waals surface area contributed by atoms with Gasteiger partial charge in [0.05, 0.1) is 4.90 Å². The monoisotopic (exact) mass is 487 g/mol. The molecule has 7 nitrogen and oxygen atoms in total. The SMILES string of the molecule is CN(C)c1cccc2c(S(=O)(=O)Nc3cccc(/C(=C\C(=O)NO)c4ccccc4)c3)cccc12. The molecule has 0 atom stereocenters. The molecule has 0 saturated heterocycles. The second kappa shape index (κ2) is 10.0. The minimum atomic E-state index is -3.92. The van der Waals surface area contributed by atoms with Gasteiger partial charge in [-0.1, -0.05) is 66.7 Å². The lowest BCUT2D eigenvalue weighted by molar-refractivity contribution is -0.124. The Labute approximate surface area is 204 Å². The van der Waals surface area contributed by atoms with Gasteiger partial charge in [0.1, 0.15) is 0 Å². The van der Waals surface area contributed by atoms with E-state index in [9.17, 15) is 13.2 Å². The largest absolute Gasteiger partial charge is 0.377 e. The van der Waals surface area contributed by atoms with Gasteiger partial charge in [-0.25, -0.2) is 13.9 Å². The third kappa shape index (κ3) is 5.18. The number of amides is 1. The Hall–Kier alpha value is -4.14. The van der Waals surface area contributed by atoms with Crippen molar-refractivity contribution < 1.29 is 18.4 Å². The Kier molecular flexibility index (Phi) is 6.86. The van der Waals surface area contributed by atoms with Crippen molar-refractivity contribution in [1.29, 1.82) is 0 Å². The second-order valence-electron chi connectivity index (χ2n) is 8.11. The van der Waals surface area contributed by atoms with E-state index in [0.29, 0.717) is 22.2 Å². The molecule has 0 aliphatic heterocycles. The van der Waals surface area contributed by atoms with Gasteiger partial charge in [-0.2, -0.15) is 0 Å². The molecule has 4 rings (SSSR count). The van der Waals surface area contributed by atoms with Gasteiger partial charge in [0.25, 0.3) is 15.9 Å². The molecule has 0 unspecified atom stereocenters. The van der Waals surface area contributed by atoms with Crippen molar-refractivity contribution in [2.45, 2.75) is 4.90 Å². The van der Waals surface area contributed by atoms with Crippen LogP contribution >= 0.6 is 0 Å². The summed E-state index contributed by atoms with van der Waals surface area (Å²) < 4.78 is 29.5. The maximum atomic E-state index is 13.4. The Bertz CT molecular complexity index is 1510. The molecule has 0 saturated carbocycles. The molecule has 35 heavy (non-hydrogen) atoms. The van der Waals surface area contributed by atoms with Crippen LogP contribution in [0.1, 0.15) is 11.1 Å². The lowest BCUT2D eigenvalue weighted by atomic mass is 9.97. The Balaban J connectivity index is 1.75. The highest BCUT2D eigenvalue weighted by Crippen LogP contribution is 2.32. The number of carbonyl (C=O) groups is 1. The summed E-state index contributed by atoms with van der Waals surface area (Å²) in [6.07, 6.45) is 1.26. The van der Waals surface area contributed by atoms with Gasteiger partial charge in [0.15, 0.2) is 0 Å². The Morgan fingerprint density at radius 3 is 2.20 bits per heavy atom. The van der Waals surface area contributed by atoms with E-state index in [1.54, 1.807) is 47.9 Å². The van der Waals surface area contributed by atoms with E-state index >= 15 is 0 Å². The van der Waals surface area contributed by atoms with Crippen molar-refractivity contribution in [3.8, 4) is 0 Å². The standard InChI is InChI=1S/C27H25N3O4S/c1-30(2)25-15-7-14-23-22(25)13-8-16-26(23)35(33,34)29-21-12-6-11-20(17-21)24(18-27(31)28-32)19-9-4-3-5-10-19/h3-18,29,32H,1-2H3,(H,28,31)/b24-18-. The number of nitrogens with zero attached hydrogens (tertiary/aromatic N) is 1. The first-order valence-corrected chi connectivity index (χ1v) is 12.3. The van der Waals surface area contributed by atoms with Crippen LogP contribution in [0, 0.1) is 0 Å². The number of hydrogen-bond donors (Lipinski definition) is 3. The summed E-state index contributed by atoms with van der Waals surface area (Å²) in [5, 5.41) is 10.5. The number of hydrogen-bond acceptors (Lipinski definition) is 5. The number of rotatable bonds is 7. The smallest absolute Gasteiger partial charge is 0.267 e. The van der Waals surface area contributed by atoms with Gasteiger partial charge < -0.3 is 4.90 Å². The predicted octanol–water partition coefficient (Wildman–Crippen LogP) is 4.64. The third-order valence-electron chi connectivity index (χ3n) is 5.53. The summed E-state index contributed by atoms with van der Waals surface area (Å²) in [5.74, 6) is -0.692.